The molecule has 1 atom stereocenters. The molecule has 134 valence electrons. The predicted octanol–water partition coefficient (Wildman–Crippen LogP) is 1.38. The Hall–Kier alpha value is -1.50. The van der Waals surface area contributed by atoms with Crippen molar-refractivity contribution in [3.8, 4) is 11.5 Å². The van der Waals surface area contributed by atoms with Crippen molar-refractivity contribution in [2.45, 2.75) is 18.9 Å². The Bertz CT molecular complexity index is 544. The lowest BCUT2D eigenvalue weighted by atomic mass is 9.79. The second kappa shape index (κ2) is 8.55. The summed E-state index contributed by atoms with van der Waals surface area (Å²) in [5.74, 6) is 1.17. The van der Waals surface area contributed by atoms with Crippen LogP contribution < -0.4 is 20.1 Å². The van der Waals surface area contributed by atoms with E-state index in [-0.39, 0.29) is 30.3 Å². The first-order valence-electron chi connectivity index (χ1n) is 8.08. The zero-order valence-corrected chi connectivity index (χ0v) is 14.7. The molecule has 0 spiro atoms. The van der Waals surface area contributed by atoms with E-state index in [1.54, 1.807) is 7.11 Å². The first-order chi connectivity index (χ1) is 11.2. The average Bonchev–Trinajstić information content (AvgIpc) is 2.60. The highest BCUT2D eigenvalue weighted by Gasteiger charge is 2.34. The number of methoxy groups -OCH3 is 1. The normalized spacial score (nSPS) is 21.5. The van der Waals surface area contributed by atoms with Gasteiger partial charge in [0.2, 0.25) is 6.10 Å². The van der Waals surface area contributed by atoms with Gasteiger partial charge >= 0.3 is 0 Å². The van der Waals surface area contributed by atoms with Crippen LogP contribution in [0.5, 0.6) is 11.5 Å². The van der Waals surface area contributed by atoms with E-state index in [0.29, 0.717) is 24.7 Å². The first kappa shape index (κ1) is 18.8. The van der Waals surface area contributed by atoms with Crippen molar-refractivity contribution in [2.75, 3.05) is 40.0 Å². The van der Waals surface area contributed by atoms with Crippen molar-refractivity contribution < 1.29 is 19.0 Å². The van der Waals surface area contributed by atoms with E-state index < -0.39 is 6.10 Å². The van der Waals surface area contributed by atoms with Crippen LogP contribution >= 0.6 is 12.4 Å². The third-order valence-electron chi connectivity index (χ3n) is 4.55. The maximum atomic E-state index is 12.4. The summed E-state index contributed by atoms with van der Waals surface area (Å²) in [6.45, 7) is 3.40. The van der Waals surface area contributed by atoms with Crippen LogP contribution in [0.2, 0.25) is 0 Å². The van der Waals surface area contributed by atoms with Crippen LogP contribution in [0.25, 0.3) is 0 Å². The summed E-state index contributed by atoms with van der Waals surface area (Å²) >= 11 is 0. The number of carbonyl (C=O) groups is 1. The highest BCUT2D eigenvalue weighted by molar-refractivity contribution is 5.85. The fourth-order valence-electron chi connectivity index (χ4n) is 3.17. The molecule has 2 aliphatic rings. The second-order valence-corrected chi connectivity index (χ2v) is 6.27. The molecular formula is C17H25ClN2O4. The minimum atomic E-state index is -0.605. The van der Waals surface area contributed by atoms with Crippen LogP contribution in [-0.2, 0) is 9.53 Å². The molecule has 2 N–H and O–H groups in total. The van der Waals surface area contributed by atoms with Crippen LogP contribution in [0.4, 0.5) is 0 Å². The Kier molecular flexibility index (Phi) is 6.71. The minimum Gasteiger partial charge on any atom is -0.485 e. The number of hydrogen-bond acceptors (Lipinski definition) is 5. The van der Waals surface area contributed by atoms with Crippen molar-refractivity contribution in [1.82, 2.24) is 10.6 Å². The first-order valence-corrected chi connectivity index (χ1v) is 8.08. The fraction of sp³-hybridized carbons (Fsp3) is 0.588. The number of hydrogen-bond donors (Lipinski definition) is 2. The molecule has 1 unspecified atom stereocenters. The average molecular weight is 357 g/mol. The molecule has 3 rings (SSSR count). The van der Waals surface area contributed by atoms with E-state index in [9.17, 15) is 4.79 Å². The summed E-state index contributed by atoms with van der Waals surface area (Å²) < 4.78 is 16.7. The van der Waals surface area contributed by atoms with Gasteiger partial charge in [-0.15, -0.1) is 12.4 Å². The monoisotopic (exact) mass is 356 g/mol. The standard InChI is InChI=1S/C17H24N2O4.ClH/c1-21-12-17(6-8-18-9-7-17)11-19-16(20)15-10-22-13-4-2-3-5-14(13)23-15;/h2-5,15,18H,6-12H2,1H3,(H,19,20);1H. The maximum absolute atomic E-state index is 12.4. The third-order valence-corrected chi connectivity index (χ3v) is 4.55. The number of rotatable bonds is 5. The summed E-state index contributed by atoms with van der Waals surface area (Å²) in [4.78, 5) is 12.4. The number of fused-ring (bicyclic) bond motifs is 1. The van der Waals surface area contributed by atoms with Crippen molar-refractivity contribution in [3.63, 3.8) is 0 Å². The molecule has 0 radical (unpaired) electrons. The summed E-state index contributed by atoms with van der Waals surface area (Å²) in [5, 5.41) is 6.37. The molecule has 1 fully saturated rings. The van der Waals surface area contributed by atoms with Gasteiger partial charge in [0.1, 0.15) is 6.61 Å². The number of benzene rings is 1. The van der Waals surface area contributed by atoms with Crippen molar-refractivity contribution in [2.24, 2.45) is 5.41 Å². The smallest absolute Gasteiger partial charge is 0.264 e. The Morgan fingerprint density at radius 1 is 1.33 bits per heavy atom. The van der Waals surface area contributed by atoms with Gasteiger partial charge in [-0.05, 0) is 38.1 Å². The number of halogens is 1. The fourth-order valence-corrected chi connectivity index (χ4v) is 3.17. The summed E-state index contributed by atoms with van der Waals surface area (Å²) in [6.07, 6.45) is 1.38. The summed E-state index contributed by atoms with van der Waals surface area (Å²) in [5.41, 5.74) is 0.00307. The van der Waals surface area contributed by atoms with E-state index in [1.807, 2.05) is 24.3 Å². The van der Waals surface area contributed by atoms with Crippen LogP contribution in [0.3, 0.4) is 0 Å². The van der Waals surface area contributed by atoms with E-state index in [1.165, 1.54) is 0 Å². The Morgan fingerprint density at radius 2 is 2.04 bits per heavy atom. The third kappa shape index (κ3) is 4.32. The lowest BCUT2D eigenvalue weighted by Gasteiger charge is -2.37. The lowest BCUT2D eigenvalue weighted by Crippen LogP contribution is -2.51. The van der Waals surface area contributed by atoms with Gasteiger partial charge in [0, 0.05) is 19.1 Å². The number of para-hydroxylation sites is 2. The van der Waals surface area contributed by atoms with E-state index >= 15 is 0 Å². The SMILES string of the molecule is COCC1(CNC(=O)C2COc3ccccc3O2)CCNCC1.Cl. The van der Waals surface area contributed by atoms with Gasteiger partial charge in [0.05, 0.1) is 6.61 Å². The molecule has 24 heavy (non-hydrogen) atoms. The molecule has 1 amide bonds. The molecule has 0 aromatic heterocycles. The van der Waals surface area contributed by atoms with Gasteiger partial charge in [-0.3, -0.25) is 4.79 Å². The van der Waals surface area contributed by atoms with E-state index in [4.69, 9.17) is 14.2 Å². The highest BCUT2D eigenvalue weighted by Crippen LogP contribution is 2.31. The van der Waals surface area contributed by atoms with Crippen molar-refractivity contribution >= 4 is 18.3 Å². The Morgan fingerprint density at radius 3 is 2.75 bits per heavy atom. The zero-order chi connectivity index (χ0) is 16.1. The molecule has 1 saturated heterocycles. The van der Waals surface area contributed by atoms with E-state index in [2.05, 4.69) is 10.6 Å². The molecule has 1 aromatic rings. The van der Waals surface area contributed by atoms with Crippen LogP contribution in [0.15, 0.2) is 24.3 Å². The molecule has 6 nitrogen and oxygen atoms in total. The van der Waals surface area contributed by atoms with Crippen LogP contribution in [-0.4, -0.2) is 52.0 Å². The molecule has 0 saturated carbocycles. The Balaban J connectivity index is 0.00000208. The van der Waals surface area contributed by atoms with Gasteiger partial charge in [-0.1, -0.05) is 12.1 Å². The molecule has 7 heteroatoms. The minimum absolute atomic E-state index is 0. The van der Waals surface area contributed by atoms with Gasteiger partial charge in [-0.2, -0.15) is 0 Å². The molecular weight excluding hydrogens is 332 g/mol. The number of carbonyl (C=O) groups excluding carboxylic acids is 1. The van der Waals surface area contributed by atoms with Gasteiger partial charge in [-0.25, -0.2) is 0 Å². The molecule has 2 aliphatic heterocycles. The van der Waals surface area contributed by atoms with Gasteiger partial charge < -0.3 is 24.8 Å². The molecule has 2 heterocycles. The number of nitrogens with one attached hydrogen (secondary N) is 2. The molecule has 0 bridgehead atoms. The van der Waals surface area contributed by atoms with E-state index in [0.717, 1.165) is 25.9 Å². The summed E-state index contributed by atoms with van der Waals surface area (Å²) in [6, 6.07) is 7.40. The van der Waals surface area contributed by atoms with Crippen LogP contribution in [0.1, 0.15) is 12.8 Å². The maximum Gasteiger partial charge on any atom is 0.264 e. The van der Waals surface area contributed by atoms with Gasteiger partial charge in [0.25, 0.3) is 5.91 Å². The van der Waals surface area contributed by atoms with Crippen LogP contribution in [0, 0.1) is 5.41 Å². The second-order valence-electron chi connectivity index (χ2n) is 6.27. The van der Waals surface area contributed by atoms with Crippen molar-refractivity contribution in [1.29, 1.82) is 0 Å². The lowest BCUT2D eigenvalue weighted by molar-refractivity contribution is -0.131. The van der Waals surface area contributed by atoms with Crippen molar-refractivity contribution in [3.05, 3.63) is 24.3 Å². The largest absolute Gasteiger partial charge is 0.485 e. The quantitative estimate of drug-likeness (QED) is 0.834. The van der Waals surface area contributed by atoms with Gasteiger partial charge in [0.15, 0.2) is 11.5 Å². The number of ether oxygens (including phenoxy) is 3. The predicted molar refractivity (Wildman–Crippen MR) is 93.0 cm³/mol. The number of amides is 1. The topological polar surface area (TPSA) is 68.8 Å². The Labute approximate surface area is 148 Å². The summed E-state index contributed by atoms with van der Waals surface area (Å²) in [7, 11) is 1.71. The molecule has 0 aliphatic carbocycles. The highest BCUT2D eigenvalue weighted by atomic mass is 35.5. The number of piperidine rings is 1. The molecule has 1 aromatic carbocycles. The zero-order valence-electron chi connectivity index (χ0n) is 13.9.